The van der Waals surface area contributed by atoms with Gasteiger partial charge in [0.1, 0.15) is 11.1 Å². The Hall–Kier alpha value is -1.24. The van der Waals surface area contributed by atoms with Crippen LogP contribution in [0.5, 0.6) is 5.75 Å². The van der Waals surface area contributed by atoms with Gasteiger partial charge in [0.05, 0.1) is 31.6 Å². The summed E-state index contributed by atoms with van der Waals surface area (Å²) in [5.74, 6) is 1.18. The first-order valence-electron chi connectivity index (χ1n) is 6.58. The van der Waals surface area contributed by atoms with E-state index in [-0.39, 0.29) is 24.4 Å². The van der Waals surface area contributed by atoms with Crippen molar-refractivity contribution in [3.05, 3.63) is 29.8 Å². The molecule has 5 nitrogen and oxygen atoms in total. The molecule has 2 N–H and O–H groups in total. The van der Waals surface area contributed by atoms with E-state index in [2.05, 4.69) is 0 Å². The molecule has 1 heterocycles. The van der Waals surface area contributed by atoms with Crippen molar-refractivity contribution in [3.8, 4) is 5.75 Å². The van der Waals surface area contributed by atoms with Crippen molar-refractivity contribution in [1.82, 2.24) is 4.90 Å². The largest absolute Gasteiger partial charge is 0.494 e. The summed E-state index contributed by atoms with van der Waals surface area (Å²) >= 11 is 1.53. The standard InChI is InChI=1S/C14H19NO4S/c1-2-19-12-5-3-10(4-6-12)14-15(7-11(17)8-16)13(18)9-20-14/h3-6,11,14,16-17H,2,7-9H2,1H3/t11-,14?/m0/s1. The van der Waals surface area contributed by atoms with E-state index in [0.29, 0.717) is 12.4 Å². The summed E-state index contributed by atoms with van der Waals surface area (Å²) in [6.07, 6.45) is -0.900. The maximum atomic E-state index is 11.9. The molecule has 0 saturated carbocycles. The number of hydrogen-bond acceptors (Lipinski definition) is 5. The lowest BCUT2D eigenvalue weighted by atomic mass is 10.2. The molecule has 6 heteroatoms. The molecule has 1 saturated heterocycles. The van der Waals surface area contributed by atoms with E-state index in [9.17, 15) is 9.90 Å². The smallest absolute Gasteiger partial charge is 0.233 e. The molecule has 2 rings (SSSR count). The first kappa shape index (κ1) is 15.2. The van der Waals surface area contributed by atoms with Gasteiger partial charge in [0.25, 0.3) is 0 Å². The van der Waals surface area contributed by atoms with E-state index in [1.807, 2.05) is 31.2 Å². The average Bonchev–Trinajstić information content (AvgIpc) is 2.81. The van der Waals surface area contributed by atoms with Crippen LogP contribution in [0.25, 0.3) is 0 Å². The van der Waals surface area contributed by atoms with Gasteiger partial charge in [-0.05, 0) is 24.6 Å². The number of aliphatic hydroxyl groups excluding tert-OH is 2. The lowest BCUT2D eigenvalue weighted by Gasteiger charge is -2.26. The molecule has 110 valence electrons. The Morgan fingerprint density at radius 2 is 2.15 bits per heavy atom. The van der Waals surface area contributed by atoms with Gasteiger partial charge in [-0.2, -0.15) is 0 Å². The van der Waals surface area contributed by atoms with Crippen molar-refractivity contribution in [1.29, 1.82) is 0 Å². The molecule has 1 aliphatic rings. The van der Waals surface area contributed by atoms with E-state index in [0.717, 1.165) is 11.3 Å². The molecule has 0 aliphatic carbocycles. The van der Waals surface area contributed by atoms with E-state index in [4.69, 9.17) is 9.84 Å². The van der Waals surface area contributed by atoms with Crippen LogP contribution in [0.15, 0.2) is 24.3 Å². The van der Waals surface area contributed by atoms with Crippen molar-refractivity contribution in [2.75, 3.05) is 25.5 Å². The quantitative estimate of drug-likeness (QED) is 0.820. The van der Waals surface area contributed by atoms with Crippen LogP contribution in [0, 0.1) is 0 Å². The number of amides is 1. The lowest BCUT2D eigenvalue weighted by molar-refractivity contribution is -0.129. The topological polar surface area (TPSA) is 70.0 Å². The molecule has 1 aromatic rings. The molecule has 0 radical (unpaired) electrons. The third-order valence-electron chi connectivity index (χ3n) is 3.06. The van der Waals surface area contributed by atoms with Crippen molar-refractivity contribution >= 4 is 17.7 Å². The predicted octanol–water partition coefficient (Wildman–Crippen LogP) is 1.01. The highest BCUT2D eigenvalue weighted by Crippen LogP contribution is 2.39. The highest BCUT2D eigenvalue weighted by atomic mass is 32.2. The second-order valence-corrected chi connectivity index (χ2v) is 5.62. The van der Waals surface area contributed by atoms with E-state index >= 15 is 0 Å². The van der Waals surface area contributed by atoms with Crippen LogP contribution < -0.4 is 4.74 Å². The maximum absolute atomic E-state index is 11.9. The van der Waals surface area contributed by atoms with Gasteiger partial charge in [0.15, 0.2) is 0 Å². The number of ether oxygens (including phenoxy) is 1. The SMILES string of the molecule is CCOc1ccc(C2SCC(=O)N2C[C@H](O)CO)cc1. The average molecular weight is 297 g/mol. The Morgan fingerprint density at radius 3 is 2.75 bits per heavy atom. The number of β-amino-alcohol motifs (C(OH)–C–C–N with tert-alkyl or cyclic N) is 1. The minimum atomic E-state index is -0.900. The van der Waals surface area contributed by atoms with E-state index in [1.54, 1.807) is 4.90 Å². The summed E-state index contributed by atoms with van der Waals surface area (Å²) in [5.41, 5.74) is 0.995. The minimum absolute atomic E-state index is 0.0126. The molecule has 0 spiro atoms. The van der Waals surface area contributed by atoms with Gasteiger partial charge in [-0.25, -0.2) is 0 Å². The zero-order chi connectivity index (χ0) is 14.5. The monoisotopic (exact) mass is 297 g/mol. The summed E-state index contributed by atoms with van der Waals surface area (Å²) in [6, 6.07) is 7.62. The number of carbonyl (C=O) groups is 1. The number of carbonyl (C=O) groups excluding carboxylic acids is 1. The van der Waals surface area contributed by atoms with Crippen LogP contribution in [0.3, 0.4) is 0 Å². The van der Waals surface area contributed by atoms with Crippen LogP contribution in [0.4, 0.5) is 0 Å². The minimum Gasteiger partial charge on any atom is -0.494 e. The number of aliphatic hydroxyl groups is 2. The fraction of sp³-hybridized carbons (Fsp3) is 0.500. The normalized spacial score (nSPS) is 20.2. The molecule has 1 fully saturated rings. The van der Waals surface area contributed by atoms with Gasteiger partial charge in [0, 0.05) is 0 Å². The molecule has 0 bridgehead atoms. The van der Waals surface area contributed by atoms with Gasteiger partial charge in [-0.3, -0.25) is 4.79 Å². The second-order valence-electron chi connectivity index (χ2n) is 4.55. The van der Waals surface area contributed by atoms with Crippen LogP contribution >= 0.6 is 11.8 Å². The Labute approximate surface area is 122 Å². The van der Waals surface area contributed by atoms with E-state index in [1.165, 1.54) is 11.8 Å². The summed E-state index contributed by atoms with van der Waals surface area (Å²) in [6.45, 7) is 2.35. The van der Waals surface area contributed by atoms with Crippen LogP contribution in [0.2, 0.25) is 0 Å². The molecule has 1 unspecified atom stereocenters. The van der Waals surface area contributed by atoms with Gasteiger partial charge >= 0.3 is 0 Å². The number of rotatable bonds is 6. The van der Waals surface area contributed by atoms with Crippen LogP contribution in [0.1, 0.15) is 17.9 Å². The summed E-state index contributed by atoms with van der Waals surface area (Å²) in [4.78, 5) is 13.5. The molecule has 1 aromatic carbocycles. The highest BCUT2D eigenvalue weighted by molar-refractivity contribution is 8.00. The number of benzene rings is 1. The highest BCUT2D eigenvalue weighted by Gasteiger charge is 2.33. The van der Waals surface area contributed by atoms with Gasteiger partial charge in [-0.1, -0.05) is 12.1 Å². The second kappa shape index (κ2) is 6.97. The summed E-state index contributed by atoms with van der Waals surface area (Å²) in [5, 5.41) is 18.4. The molecule has 0 aromatic heterocycles. The van der Waals surface area contributed by atoms with Crippen molar-refractivity contribution in [2.24, 2.45) is 0 Å². The number of nitrogens with zero attached hydrogens (tertiary/aromatic N) is 1. The van der Waals surface area contributed by atoms with Crippen molar-refractivity contribution in [3.63, 3.8) is 0 Å². The molecular formula is C14H19NO4S. The summed E-state index contributed by atoms with van der Waals surface area (Å²) in [7, 11) is 0. The Bertz CT molecular complexity index is 451. The van der Waals surface area contributed by atoms with E-state index < -0.39 is 6.10 Å². The molecule has 2 atom stereocenters. The molecular weight excluding hydrogens is 278 g/mol. The van der Waals surface area contributed by atoms with Crippen molar-refractivity contribution < 1.29 is 19.7 Å². The molecule has 1 amide bonds. The zero-order valence-corrected chi connectivity index (χ0v) is 12.2. The fourth-order valence-electron chi connectivity index (χ4n) is 2.11. The number of hydrogen-bond donors (Lipinski definition) is 2. The fourth-order valence-corrected chi connectivity index (χ4v) is 3.31. The lowest BCUT2D eigenvalue weighted by Crippen LogP contribution is -2.37. The molecule has 20 heavy (non-hydrogen) atoms. The van der Waals surface area contributed by atoms with Gasteiger partial charge < -0.3 is 19.8 Å². The van der Waals surface area contributed by atoms with Crippen molar-refractivity contribution in [2.45, 2.75) is 18.4 Å². The van der Waals surface area contributed by atoms with Gasteiger partial charge in [0.2, 0.25) is 5.91 Å². The van der Waals surface area contributed by atoms with Crippen LogP contribution in [-0.4, -0.2) is 52.6 Å². The third kappa shape index (κ3) is 3.45. The first-order valence-corrected chi connectivity index (χ1v) is 7.63. The van der Waals surface area contributed by atoms with Gasteiger partial charge in [-0.15, -0.1) is 11.8 Å². The zero-order valence-electron chi connectivity index (χ0n) is 11.4. The third-order valence-corrected chi connectivity index (χ3v) is 4.32. The summed E-state index contributed by atoms with van der Waals surface area (Å²) < 4.78 is 5.39. The van der Waals surface area contributed by atoms with Crippen LogP contribution in [-0.2, 0) is 4.79 Å². The Balaban J connectivity index is 2.11. The first-order chi connectivity index (χ1) is 9.65. The Kier molecular flexibility index (Phi) is 5.28. The Morgan fingerprint density at radius 1 is 1.45 bits per heavy atom. The number of thioether (sulfide) groups is 1. The molecule has 1 aliphatic heterocycles. The maximum Gasteiger partial charge on any atom is 0.233 e. The predicted molar refractivity (Wildman–Crippen MR) is 77.6 cm³/mol.